The van der Waals surface area contributed by atoms with Crippen molar-refractivity contribution in [1.29, 1.82) is 5.26 Å². The molecule has 0 N–H and O–H groups in total. The fourth-order valence-electron chi connectivity index (χ4n) is 6.88. The lowest BCUT2D eigenvalue weighted by atomic mass is 9.97. The van der Waals surface area contributed by atoms with Crippen LogP contribution in [0.5, 0.6) is 0 Å². The molecule has 2 heterocycles. The molecule has 2 aromatic heterocycles. The Bertz CT molecular complexity index is 2450. The number of hydrogen-bond donors (Lipinski definition) is 0. The van der Waals surface area contributed by atoms with Crippen LogP contribution < -0.4 is 0 Å². The maximum Gasteiger partial charge on any atom is 0.0991 e. The van der Waals surface area contributed by atoms with E-state index in [0.29, 0.717) is 5.56 Å². The number of nitriles is 1. The Morgan fingerprint density at radius 2 is 1.09 bits per heavy atom. The molecule has 0 fully saturated rings. The molecule has 0 aliphatic carbocycles. The molecule has 0 aliphatic rings. The van der Waals surface area contributed by atoms with E-state index in [1.54, 1.807) is 0 Å². The highest BCUT2D eigenvalue weighted by Gasteiger charge is 2.22. The second-order valence-corrected chi connectivity index (χ2v) is 11.5. The molecule has 0 unspecified atom stereocenters. The highest BCUT2D eigenvalue weighted by molar-refractivity contribution is 6.11. The maximum atomic E-state index is 9.76. The lowest BCUT2D eigenvalue weighted by Gasteiger charge is -2.21. The zero-order valence-electron chi connectivity index (χ0n) is 24.4. The van der Waals surface area contributed by atoms with E-state index in [2.05, 4.69) is 139 Å². The summed E-state index contributed by atoms with van der Waals surface area (Å²) in [6.45, 7) is 6.55. The summed E-state index contributed by atoms with van der Waals surface area (Å²) in [5.41, 5.74) is 13.4. The molecule has 0 aliphatic heterocycles. The van der Waals surface area contributed by atoms with Crippen molar-refractivity contribution in [2.45, 2.75) is 20.8 Å². The number of aromatic nitrogens is 2. The Hall–Kier alpha value is -5.59. The van der Waals surface area contributed by atoms with Gasteiger partial charge >= 0.3 is 0 Å². The van der Waals surface area contributed by atoms with Crippen molar-refractivity contribution in [2.75, 3.05) is 0 Å². The summed E-state index contributed by atoms with van der Waals surface area (Å²) in [5.74, 6) is 0. The molecule has 0 saturated carbocycles. The van der Waals surface area contributed by atoms with E-state index >= 15 is 0 Å². The van der Waals surface area contributed by atoms with Crippen LogP contribution in [0.15, 0.2) is 121 Å². The Kier molecular flexibility index (Phi) is 5.54. The highest BCUT2D eigenvalue weighted by atomic mass is 15.0. The molecule has 8 aromatic rings. The van der Waals surface area contributed by atoms with Crippen LogP contribution in [0.3, 0.4) is 0 Å². The number of para-hydroxylation sites is 2. The fourth-order valence-corrected chi connectivity index (χ4v) is 6.88. The molecule has 6 aromatic carbocycles. The summed E-state index contributed by atoms with van der Waals surface area (Å²) in [5, 5.41) is 14.7. The largest absolute Gasteiger partial charge is 0.309 e. The van der Waals surface area contributed by atoms with Crippen LogP contribution in [-0.2, 0) is 0 Å². The van der Waals surface area contributed by atoms with Gasteiger partial charge in [0.15, 0.2) is 0 Å². The predicted molar refractivity (Wildman–Crippen MR) is 179 cm³/mol. The van der Waals surface area contributed by atoms with Gasteiger partial charge < -0.3 is 9.13 Å². The van der Waals surface area contributed by atoms with Gasteiger partial charge in [-0.1, -0.05) is 77.9 Å². The van der Waals surface area contributed by atoms with Gasteiger partial charge in [-0.2, -0.15) is 5.26 Å². The van der Waals surface area contributed by atoms with Gasteiger partial charge in [-0.05, 0) is 86.5 Å². The Labute approximate surface area is 250 Å². The molecule has 3 nitrogen and oxygen atoms in total. The number of aryl methyl sites for hydroxylation is 2. The first kappa shape index (κ1) is 25.1. The third kappa shape index (κ3) is 3.74. The van der Waals surface area contributed by atoms with Crippen LogP contribution in [0.4, 0.5) is 0 Å². The average Bonchev–Trinajstić information content (AvgIpc) is 3.53. The zero-order valence-corrected chi connectivity index (χ0v) is 24.4. The second-order valence-electron chi connectivity index (χ2n) is 11.5. The number of nitrogens with zero attached hydrogens (tertiary/aromatic N) is 3. The van der Waals surface area contributed by atoms with Crippen LogP contribution in [0.1, 0.15) is 22.3 Å². The summed E-state index contributed by atoms with van der Waals surface area (Å²) in [7, 11) is 0. The van der Waals surface area contributed by atoms with Gasteiger partial charge in [0.05, 0.1) is 45.1 Å². The minimum absolute atomic E-state index is 0.654. The molecule has 0 amide bonds. The third-order valence-electron chi connectivity index (χ3n) is 8.83. The van der Waals surface area contributed by atoms with Crippen LogP contribution >= 0.6 is 0 Å². The molecule has 43 heavy (non-hydrogen) atoms. The lowest BCUT2D eigenvalue weighted by Crippen LogP contribution is -2.05. The van der Waals surface area contributed by atoms with Gasteiger partial charge in [-0.3, -0.25) is 0 Å². The first-order valence-electron chi connectivity index (χ1n) is 14.7. The van der Waals surface area contributed by atoms with Gasteiger partial charge in [0, 0.05) is 27.1 Å². The Morgan fingerprint density at radius 3 is 1.74 bits per heavy atom. The molecular weight excluding hydrogens is 522 g/mol. The lowest BCUT2D eigenvalue weighted by molar-refractivity contribution is 1.10. The molecule has 3 heteroatoms. The van der Waals surface area contributed by atoms with E-state index in [9.17, 15) is 5.26 Å². The van der Waals surface area contributed by atoms with E-state index in [4.69, 9.17) is 0 Å². The first-order chi connectivity index (χ1) is 21.0. The molecule has 0 atom stereocenters. The van der Waals surface area contributed by atoms with Crippen LogP contribution in [-0.4, -0.2) is 9.13 Å². The van der Waals surface area contributed by atoms with Gasteiger partial charge in [0.2, 0.25) is 0 Å². The van der Waals surface area contributed by atoms with E-state index in [-0.39, 0.29) is 0 Å². The highest BCUT2D eigenvalue weighted by Crippen LogP contribution is 2.42. The van der Waals surface area contributed by atoms with Crippen molar-refractivity contribution in [3.05, 3.63) is 144 Å². The van der Waals surface area contributed by atoms with Crippen molar-refractivity contribution < 1.29 is 0 Å². The summed E-state index contributed by atoms with van der Waals surface area (Å²) in [6, 6.07) is 45.6. The van der Waals surface area contributed by atoms with Crippen molar-refractivity contribution in [3.63, 3.8) is 0 Å². The van der Waals surface area contributed by atoms with Gasteiger partial charge in [0.1, 0.15) is 0 Å². The normalized spacial score (nSPS) is 11.6. The standard InChI is InChI=1S/C40H29N3/c1-25-15-18-38-33(21-25)31-11-4-6-13-36(31)42(38)35-20-17-30(29-10-8-9-28(23-29)24-41)40(27(35)3)43-37-14-7-5-12-32(37)34-22-26(2)16-19-39(34)43/h4-23H,1-3H3. The summed E-state index contributed by atoms with van der Waals surface area (Å²) in [4.78, 5) is 0. The molecular formula is C40H29N3. The molecule has 0 spiro atoms. The van der Waals surface area contributed by atoms with Crippen molar-refractivity contribution in [2.24, 2.45) is 0 Å². The van der Waals surface area contributed by atoms with E-state index < -0.39 is 0 Å². The second kappa shape index (κ2) is 9.48. The fraction of sp³-hybridized carbons (Fsp3) is 0.0750. The smallest absolute Gasteiger partial charge is 0.0991 e. The van der Waals surface area contributed by atoms with Gasteiger partial charge in [-0.15, -0.1) is 0 Å². The number of fused-ring (bicyclic) bond motifs is 6. The average molecular weight is 552 g/mol. The van der Waals surface area contributed by atoms with E-state index in [0.717, 1.165) is 22.5 Å². The topological polar surface area (TPSA) is 33.6 Å². The summed E-state index contributed by atoms with van der Waals surface area (Å²) < 4.78 is 4.84. The third-order valence-corrected chi connectivity index (χ3v) is 8.83. The van der Waals surface area contributed by atoms with E-state index in [1.807, 2.05) is 18.2 Å². The van der Waals surface area contributed by atoms with Gasteiger partial charge in [-0.25, -0.2) is 0 Å². The molecule has 204 valence electrons. The number of rotatable bonds is 3. The van der Waals surface area contributed by atoms with E-state index in [1.165, 1.54) is 60.3 Å². The van der Waals surface area contributed by atoms with Crippen LogP contribution in [0.25, 0.3) is 66.1 Å². The summed E-state index contributed by atoms with van der Waals surface area (Å²) in [6.07, 6.45) is 0. The van der Waals surface area contributed by atoms with Crippen molar-refractivity contribution in [3.8, 4) is 28.6 Å². The number of benzene rings is 6. The minimum atomic E-state index is 0.654. The Morgan fingerprint density at radius 1 is 0.512 bits per heavy atom. The predicted octanol–water partition coefficient (Wildman–Crippen LogP) is 10.3. The zero-order chi connectivity index (χ0) is 29.2. The van der Waals surface area contributed by atoms with Crippen LogP contribution in [0.2, 0.25) is 0 Å². The van der Waals surface area contributed by atoms with Crippen molar-refractivity contribution in [1.82, 2.24) is 9.13 Å². The molecule has 8 rings (SSSR count). The number of hydrogen-bond acceptors (Lipinski definition) is 1. The van der Waals surface area contributed by atoms with Crippen molar-refractivity contribution >= 4 is 43.6 Å². The summed E-state index contributed by atoms with van der Waals surface area (Å²) >= 11 is 0. The molecule has 0 radical (unpaired) electrons. The Balaban J connectivity index is 1.54. The van der Waals surface area contributed by atoms with Crippen LogP contribution in [0, 0.1) is 32.1 Å². The monoisotopic (exact) mass is 551 g/mol. The van der Waals surface area contributed by atoms with Gasteiger partial charge in [0.25, 0.3) is 0 Å². The SMILES string of the molecule is Cc1ccc2c(c1)c1ccccc1n2-c1ccc(-c2cccc(C#N)c2)c(-n2c3ccccc3c3cc(C)ccc32)c1C. The maximum absolute atomic E-state index is 9.76. The first-order valence-corrected chi connectivity index (χ1v) is 14.7. The molecule has 0 saturated heterocycles. The molecule has 0 bridgehead atoms. The minimum Gasteiger partial charge on any atom is -0.309 e. The quantitative estimate of drug-likeness (QED) is 0.215.